The van der Waals surface area contributed by atoms with Crippen LogP contribution in [0, 0.1) is 5.92 Å². The van der Waals surface area contributed by atoms with Gasteiger partial charge in [-0.15, -0.1) is 11.3 Å². The van der Waals surface area contributed by atoms with Gasteiger partial charge in [0.15, 0.2) is 0 Å². The van der Waals surface area contributed by atoms with E-state index in [9.17, 15) is 13.2 Å². The first-order valence-corrected chi connectivity index (χ1v) is 11.7. The Hall–Kier alpha value is -1.70. The van der Waals surface area contributed by atoms with Gasteiger partial charge in [0.05, 0.1) is 5.92 Å². The van der Waals surface area contributed by atoms with Gasteiger partial charge in [0, 0.05) is 18.8 Å². The van der Waals surface area contributed by atoms with Crippen LogP contribution in [0.2, 0.25) is 0 Å². The molecule has 0 radical (unpaired) electrons. The highest BCUT2D eigenvalue weighted by molar-refractivity contribution is 7.91. The van der Waals surface area contributed by atoms with E-state index in [1.165, 1.54) is 15.6 Å². The third kappa shape index (κ3) is 4.42. The zero-order valence-corrected chi connectivity index (χ0v) is 17.4. The number of para-hydroxylation sites is 1. The number of hydrogen-bond donors (Lipinski definition) is 1. The van der Waals surface area contributed by atoms with E-state index in [2.05, 4.69) is 19.2 Å². The number of nitrogens with zero attached hydrogens (tertiary/aromatic N) is 1. The van der Waals surface area contributed by atoms with E-state index < -0.39 is 10.0 Å². The largest absolute Gasteiger partial charge is 0.326 e. The average molecular weight is 407 g/mol. The van der Waals surface area contributed by atoms with Gasteiger partial charge >= 0.3 is 0 Å². The third-order valence-electron chi connectivity index (χ3n) is 5.21. The van der Waals surface area contributed by atoms with Gasteiger partial charge < -0.3 is 5.32 Å². The summed E-state index contributed by atoms with van der Waals surface area (Å²) in [5.74, 6) is -0.0844. The van der Waals surface area contributed by atoms with Crippen molar-refractivity contribution in [2.24, 2.45) is 5.92 Å². The van der Waals surface area contributed by atoms with Crippen LogP contribution in [0.1, 0.15) is 44.6 Å². The van der Waals surface area contributed by atoms with Crippen molar-refractivity contribution >= 4 is 33.0 Å². The summed E-state index contributed by atoms with van der Waals surface area (Å²) in [6.45, 7) is 4.96. The Bertz CT molecular complexity index is 878. The predicted molar refractivity (Wildman–Crippen MR) is 110 cm³/mol. The normalized spacial score (nSPS) is 19.6. The lowest BCUT2D eigenvalue weighted by Crippen LogP contribution is -2.43. The summed E-state index contributed by atoms with van der Waals surface area (Å²) in [5.41, 5.74) is 1.95. The standard InChI is InChI=1S/C20H26N2O3S2/c1-3-15(2)17-9-4-5-10-18(17)21-20(23)16-8-6-12-22(14-16)27(24,25)19-11-7-13-26-19/h4-5,7,9-11,13,15-16H,3,6,8,12,14H2,1-2H3,(H,21,23). The molecule has 146 valence electrons. The Labute approximate surface area is 165 Å². The van der Waals surface area contributed by atoms with Gasteiger partial charge in [-0.2, -0.15) is 4.31 Å². The predicted octanol–water partition coefficient (Wildman–Crippen LogP) is 4.30. The number of sulfonamides is 1. The molecule has 7 heteroatoms. The first-order chi connectivity index (χ1) is 12.9. The Kier molecular flexibility index (Phi) is 6.34. The summed E-state index contributed by atoms with van der Waals surface area (Å²) in [7, 11) is -3.51. The Morgan fingerprint density at radius 1 is 1.30 bits per heavy atom. The number of carbonyl (C=O) groups excluding carboxylic acids is 1. The molecule has 0 bridgehead atoms. The Morgan fingerprint density at radius 3 is 2.78 bits per heavy atom. The quantitative estimate of drug-likeness (QED) is 0.778. The zero-order chi connectivity index (χ0) is 19.4. The van der Waals surface area contributed by atoms with Gasteiger partial charge in [0.2, 0.25) is 5.91 Å². The maximum atomic E-state index is 12.9. The molecule has 2 heterocycles. The van der Waals surface area contributed by atoms with Crippen molar-refractivity contribution in [1.82, 2.24) is 4.31 Å². The second-order valence-electron chi connectivity index (χ2n) is 7.02. The van der Waals surface area contributed by atoms with Crippen LogP contribution in [0.15, 0.2) is 46.0 Å². The van der Waals surface area contributed by atoms with Crippen LogP contribution in [0.25, 0.3) is 0 Å². The number of thiophene rings is 1. The highest BCUT2D eigenvalue weighted by Crippen LogP contribution is 2.29. The van der Waals surface area contributed by atoms with E-state index in [4.69, 9.17) is 0 Å². The van der Waals surface area contributed by atoms with E-state index in [0.717, 1.165) is 17.7 Å². The van der Waals surface area contributed by atoms with Crippen molar-refractivity contribution in [3.63, 3.8) is 0 Å². The number of anilines is 1. The first kappa shape index (κ1) is 20.0. The van der Waals surface area contributed by atoms with Crippen LogP contribution in [-0.2, 0) is 14.8 Å². The van der Waals surface area contributed by atoms with E-state index in [0.29, 0.717) is 29.5 Å². The summed E-state index contributed by atoms with van der Waals surface area (Å²) in [6, 6.07) is 11.2. The Morgan fingerprint density at radius 2 is 2.07 bits per heavy atom. The first-order valence-electron chi connectivity index (χ1n) is 9.37. The van der Waals surface area contributed by atoms with E-state index in [-0.39, 0.29) is 18.4 Å². The summed E-state index contributed by atoms with van der Waals surface area (Å²) >= 11 is 1.21. The maximum Gasteiger partial charge on any atom is 0.252 e. The van der Waals surface area contributed by atoms with Crippen molar-refractivity contribution in [2.75, 3.05) is 18.4 Å². The van der Waals surface area contributed by atoms with Crippen LogP contribution in [0.4, 0.5) is 5.69 Å². The highest BCUT2D eigenvalue weighted by Gasteiger charge is 2.34. The fraction of sp³-hybridized carbons (Fsp3) is 0.450. The summed E-state index contributed by atoms with van der Waals surface area (Å²) in [6.07, 6.45) is 2.38. The molecule has 27 heavy (non-hydrogen) atoms. The van der Waals surface area contributed by atoms with Gasteiger partial charge in [0.25, 0.3) is 10.0 Å². The molecule has 2 atom stereocenters. The van der Waals surface area contributed by atoms with E-state index >= 15 is 0 Å². The van der Waals surface area contributed by atoms with Gasteiger partial charge in [-0.25, -0.2) is 8.42 Å². The molecule has 1 aromatic heterocycles. The van der Waals surface area contributed by atoms with Crippen LogP contribution >= 0.6 is 11.3 Å². The fourth-order valence-corrected chi connectivity index (χ4v) is 6.08. The van der Waals surface area contributed by atoms with Crippen LogP contribution < -0.4 is 5.32 Å². The number of hydrogen-bond acceptors (Lipinski definition) is 4. The maximum absolute atomic E-state index is 12.9. The van der Waals surface area contributed by atoms with E-state index in [1.807, 2.05) is 24.3 Å². The monoisotopic (exact) mass is 406 g/mol. The zero-order valence-electron chi connectivity index (χ0n) is 15.7. The van der Waals surface area contributed by atoms with Crippen LogP contribution in [0.5, 0.6) is 0 Å². The summed E-state index contributed by atoms with van der Waals surface area (Å²) in [4.78, 5) is 12.9. The van der Waals surface area contributed by atoms with E-state index in [1.54, 1.807) is 17.5 Å². The van der Waals surface area contributed by atoms with Crippen molar-refractivity contribution in [3.8, 4) is 0 Å². The lowest BCUT2D eigenvalue weighted by molar-refractivity contribution is -0.120. The second-order valence-corrected chi connectivity index (χ2v) is 10.1. The van der Waals surface area contributed by atoms with Crippen molar-refractivity contribution in [2.45, 2.75) is 43.2 Å². The third-order valence-corrected chi connectivity index (χ3v) is 8.44. The molecule has 2 unspecified atom stereocenters. The molecule has 1 fully saturated rings. The average Bonchev–Trinajstić information content (AvgIpc) is 3.23. The number of amides is 1. The van der Waals surface area contributed by atoms with Gasteiger partial charge in [-0.05, 0) is 48.3 Å². The smallest absolute Gasteiger partial charge is 0.252 e. The minimum Gasteiger partial charge on any atom is -0.326 e. The highest BCUT2D eigenvalue weighted by atomic mass is 32.2. The minimum absolute atomic E-state index is 0.100. The van der Waals surface area contributed by atoms with Crippen LogP contribution in [0.3, 0.4) is 0 Å². The van der Waals surface area contributed by atoms with Gasteiger partial charge in [0.1, 0.15) is 4.21 Å². The molecule has 1 aliphatic rings. The lowest BCUT2D eigenvalue weighted by Gasteiger charge is -2.31. The molecule has 0 aliphatic carbocycles. The molecule has 0 spiro atoms. The molecule has 2 aromatic rings. The van der Waals surface area contributed by atoms with Gasteiger partial charge in [-0.3, -0.25) is 4.79 Å². The molecular weight excluding hydrogens is 380 g/mol. The van der Waals surface area contributed by atoms with Crippen LogP contribution in [-0.4, -0.2) is 31.7 Å². The molecule has 1 saturated heterocycles. The van der Waals surface area contributed by atoms with Crippen molar-refractivity contribution in [3.05, 3.63) is 47.3 Å². The fourth-order valence-electron chi connectivity index (χ4n) is 3.41. The number of piperidine rings is 1. The minimum atomic E-state index is -3.51. The number of rotatable bonds is 6. The second kappa shape index (κ2) is 8.54. The SMILES string of the molecule is CCC(C)c1ccccc1NC(=O)C1CCCN(S(=O)(=O)c2cccs2)C1. The summed E-state index contributed by atoms with van der Waals surface area (Å²) < 4.78 is 27.3. The molecule has 1 N–H and O–H groups in total. The topological polar surface area (TPSA) is 66.5 Å². The molecule has 1 aromatic carbocycles. The molecule has 3 rings (SSSR count). The summed E-state index contributed by atoms with van der Waals surface area (Å²) in [5, 5.41) is 4.80. The number of carbonyl (C=O) groups is 1. The molecule has 0 saturated carbocycles. The molecule has 1 amide bonds. The molecular formula is C20H26N2O3S2. The van der Waals surface area contributed by atoms with Crippen molar-refractivity contribution in [1.29, 1.82) is 0 Å². The van der Waals surface area contributed by atoms with Gasteiger partial charge in [-0.1, -0.05) is 38.1 Å². The van der Waals surface area contributed by atoms with Crippen molar-refractivity contribution < 1.29 is 13.2 Å². The number of benzene rings is 1. The number of nitrogens with one attached hydrogen (secondary N) is 1. The lowest BCUT2D eigenvalue weighted by atomic mass is 9.95. The molecule has 1 aliphatic heterocycles. The molecule has 5 nitrogen and oxygen atoms in total. The Balaban J connectivity index is 1.73.